The Morgan fingerprint density at radius 3 is 1.86 bits per heavy atom. The Morgan fingerprint density at radius 1 is 0.719 bits per heavy atom. The second kappa shape index (κ2) is 34.1. The van der Waals surface area contributed by atoms with E-state index in [1.807, 2.05) is 13.0 Å². The fourth-order valence-electron chi connectivity index (χ4n) is 5.90. The molecule has 0 aliphatic carbocycles. The molecule has 326 valence electrons. The SMILES string of the molecule is CCCCCc1oc(CCCCCCCCC(=O)O[C@H](COC(=O)CCC/C=C\C/C=C\C/C=C\C/C=C\CC[C@@H](O)CC)COP(=O)(O)OCCN)c(C)c1C. The van der Waals surface area contributed by atoms with Crippen molar-refractivity contribution < 1.29 is 47.1 Å². The number of hydrogen-bond donors (Lipinski definition) is 3. The quantitative estimate of drug-likeness (QED) is 0.0255. The highest BCUT2D eigenvalue weighted by Crippen LogP contribution is 2.43. The van der Waals surface area contributed by atoms with Gasteiger partial charge in [0.05, 0.1) is 19.3 Å². The highest BCUT2D eigenvalue weighted by atomic mass is 31.2. The van der Waals surface area contributed by atoms with Crippen molar-refractivity contribution in [1.29, 1.82) is 0 Å². The van der Waals surface area contributed by atoms with Gasteiger partial charge in [-0.15, -0.1) is 0 Å². The molecule has 3 atom stereocenters. The van der Waals surface area contributed by atoms with Crippen molar-refractivity contribution in [1.82, 2.24) is 0 Å². The molecule has 0 saturated carbocycles. The van der Waals surface area contributed by atoms with Crippen LogP contribution in [0.15, 0.2) is 53.0 Å². The molecule has 11 nitrogen and oxygen atoms in total. The molecule has 0 radical (unpaired) electrons. The Labute approximate surface area is 344 Å². The summed E-state index contributed by atoms with van der Waals surface area (Å²) >= 11 is 0. The number of furan rings is 1. The summed E-state index contributed by atoms with van der Waals surface area (Å²) in [5.41, 5.74) is 7.93. The number of aryl methyl sites for hydroxylation is 2. The van der Waals surface area contributed by atoms with E-state index in [0.29, 0.717) is 19.3 Å². The van der Waals surface area contributed by atoms with E-state index in [1.54, 1.807) is 0 Å². The molecule has 0 amide bonds. The molecule has 0 bridgehead atoms. The normalized spacial score (nSPS) is 14.3. The number of carbonyl (C=O) groups is 2. The lowest BCUT2D eigenvalue weighted by Crippen LogP contribution is -2.29. The van der Waals surface area contributed by atoms with Crippen LogP contribution >= 0.6 is 7.82 Å². The number of aliphatic hydroxyl groups excluding tert-OH is 1. The number of nitrogens with two attached hydrogens (primary N) is 1. The van der Waals surface area contributed by atoms with E-state index >= 15 is 0 Å². The Balaban J connectivity index is 2.33. The van der Waals surface area contributed by atoms with Crippen LogP contribution in [-0.2, 0) is 45.5 Å². The van der Waals surface area contributed by atoms with Crippen LogP contribution in [0.25, 0.3) is 0 Å². The van der Waals surface area contributed by atoms with Gasteiger partial charge in [-0.25, -0.2) is 4.57 Å². The maximum Gasteiger partial charge on any atom is 0.472 e. The zero-order chi connectivity index (χ0) is 42.0. The topological polar surface area (TPSA) is 168 Å². The van der Waals surface area contributed by atoms with Gasteiger partial charge in [0.2, 0.25) is 0 Å². The van der Waals surface area contributed by atoms with Gasteiger partial charge in [-0.2, -0.15) is 0 Å². The summed E-state index contributed by atoms with van der Waals surface area (Å²) in [4.78, 5) is 35.0. The second-order valence-corrected chi connectivity index (χ2v) is 16.0. The first-order chi connectivity index (χ1) is 27.5. The van der Waals surface area contributed by atoms with Gasteiger partial charge in [0.1, 0.15) is 18.1 Å². The highest BCUT2D eigenvalue weighted by molar-refractivity contribution is 7.47. The van der Waals surface area contributed by atoms with Gasteiger partial charge in [-0.05, 0) is 95.6 Å². The van der Waals surface area contributed by atoms with Gasteiger partial charge in [0, 0.05) is 32.2 Å². The molecule has 57 heavy (non-hydrogen) atoms. The molecule has 1 aromatic heterocycles. The molecule has 0 saturated heterocycles. The Hall–Kier alpha value is -2.79. The third-order valence-electron chi connectivity index (χ3n) is 9.58. The number of allylic oxidation sites excluding steroid dienone is 8. The largest absolute Gasteiger partial charge is 0.472 e. The van der Waals surface area contributed by atoms with Crippen LogP contribution in [-0.4, -0.2) is 60.5 Å². The van der Waals surface area contributed by atoms with Crippen LogP contribution in [0.5, 0.6) is 0 Å². The number of phosphoric ester groups is 1. The van der Waals surface area contributed by atoms with E-state index in [0.717, 1.165) is 95.0 Å². The molecule has 0 aromatic carbocycles. The highest BCUT2D eigenvalue weighted by Gasteiger charge is 2.26. The lowest BCUT2D eigenvalue weighted by Gasteiger charge is -2.19. The van der Waals surface area contributed by atoms with Gasteiger partial charge in [-0.3, -0.25) is 18.6 Å². The summed E-state index contributed by atoms with van der Waals surface area (Å²) in [6.07, 6.45) is 33.6. The second-order valence-electron chi connectivity index (χ2n) is 14.6. The van der Waals surface area contributed by atoms with Crippen LogP contribution in [0.1, 0.15) is 158 Å². The van der Waals surface area contributed by atoms with Crippen molar-refractivity contribution in [2.45, 2.75) is 175 Å². The van der Waals surface area contributed by atoms with Crippen LogP contribution in [0.3, 0.4) is 0 Å². The summed E-state index contributed by atoms with van der Waals surface area (Å²) in [5, 5.41) is 9.56. The summed E-state index contributed by atoms with van der Waals surface area (Å²) in [5.74, 6) is 1.31. The Bertz CT molecular complexity index is 1370. The van der Waals surface area contributed by atoms with Gasteiger partial charge in [0.15, 0.2) is 6.10 Å². The minimum atomic E-state index is -4.42. The van der Waals surface area contributed by atoms with E-state index in [2.05, 4.69) is 63.3 Å². The minimum absolute atomic E-state index is 0.0306. The average molecular weight is 822 g/mol. The molecule has 1 heterocycles. The molecular formula is C45H76NO10P. The van der Waals surface area contributed by atoms with Crippen LogP contribution in [0.2, 0.25) is 0 Å². The van der Waals surface area contributed by atoms with Crippen molar-refractivity contribution in [2.75, 3.05) is 26.4 Å². The lowest BCUT2D eigenvalue weighted by atomic mass is 10.0. The van der Waals surface area contributed by atoms with E-state index in [4.69, 9.17) is 28.7 Å². The van der Waals surface area contributed by atoms with Gasteiger partial charge >= 0.3 is 19.8 Å². The molecule has 0 spiro atoms. The monoisotopic (exact) mass is 822 g/mol. The van der Waals surface area contributed by atoms with Crippen molar-refractivity contribution in [3.8, 4) is 0 Å². The molecule has 0 fully saturated rings. The Kier molecular flexibility index (Phi) is 31.3. The first kappa shape index (κ1) is 52.2. The number of unbranched alkanes of at least 4 members (excludes halogenated alkanes) is 8. The third kappa shape index (κ3) is 28.3. The molecule has 0 aliphatic rings. The van der Waals surface area contributed by atoms with Gasteiger partial charge < -0.3 is 29.6 Å². The van der Waals surface area contributed by atoms with Crippen LogP contribution in [0, 0.1) is 13.8 Å². The molecule has 1 rings (SSSR count). The summed E-state index contributed by atoms with van der Waals surface area (Å²) in [6, 6.07) is 0. The van der Waals surface area contributed by atoms with Crippen molar-refractivity contribution >= 4 is 19.8 Å². The molecule has 0 aliphatic heterocycles. The van der Waals surface area contributed by atoms with E-state index in [9.17, 15) is 24.2 Å². The predicted octanol–water partition coefficient (Wildman–Crippen LogP) is 10.6. The minimum Gasteiger partial charge on any atom is -0.466 e. The number of carbonyl (C=O) groups excluding carboxylic acids is 2. The maximum atomic E-state index is 12.7. The van der Waals surface area contributed by atoms with Crippen molar-refractivity contribution in [3.63, 3.8) is 0 Å². The van der Waals surface area contributed by atoms with E-state index in [1.165, 1.54) is 30.4 Å². The fraction of sp³-hybridized carbons (Fsp3) is 0.689. The lowest BCUT2D eigenvalue weighted by molar-refractivity contribution is -0.161. The van der Waals surface area contributed by atoms with Crippen LogP contribution in [0.4, 0.5) is 0 Å². The molecular weight excluding hydrogens is 745 g/mol. The van der Waals surface area contributed by atoms with Crippen molar-refractivity contribution in [3.05, 3.63) is 71.3 Å². The third-order valence-corrected chi connectivity index (χ3v) is 10.6. The zero-order valence-corrected chi connectivity index (χ0v) is 36.5. The number of aliphatic hydroxyl groups is 1. The summed E-state index contributed by atoms with van der Waals surface area (Å²) in [6.45, 7) is 7.60. The molecule has 1 aromatic rings. The fourth-order valence-corrected chi connectivity index (χ4v) is 6.67. The smallest absolute Gasteiger partial charge is 0.466 e. The number of esters is 2. The number of rotatable bonds is 36. The number of hydrogen-bond acceptors (Lipinski definition) is 10. The summed E-state index contributed by atoms with van der Waals surface area (Å²) in [7, 11) is -4.42. The average Bonchev–Trinajstić information content (AvgIpc) is 3.46. The first-order valence-corrected chi connectivity index (χ1v) is 23.0. The number of ether oxygens (including phenoxy) is 2. The molecule has 1 unspecified atom stereocenters. The predicted molar refractivity (Wildman–Crippen MR) is 229 cm³/mol. The Morgan fingerprint density at radius 2 is 1.26 bits per heavy atom. The zero-order valence-electron chi connectivity index (χ0n) is 35.6. The van der Waals surface area contributed by atoms with Crippen molar-refractivity contribution in [2.24, 2.45) is 5.73 Å². The first-order valence-electron chi connectivity index (χ1n) is 21.6. The van der Waals surface area contributed by atoms with E-state index in [-0.39, 0.29) is 38.7 Å². The number of phosphoric acid groups is 1. The standard InChI is InChI=1S/C45H76NO10P/c1-5-7-24-30-42-38(3)39(4)43(56-42)31-26-21-18-19-23-28-33-45(49)55-41(37-54-57(50,51)53-35-34-46)36-52-44(48)32-27-22-17-15-13-11-9-8-10-12-14-16-20-25-29-40(47)6-2/h9-12,15-17,20,40-41,47H,5-8,13-14,18-19,21-37,46H2,1-4H3,(H,50,51)/b11-9-,12-10-,17-15-,20-16-/t40-,41+/m0/s1. The van der Waals surface area contributed by atoms with Gasteiger partial charge in [-0.1, -0.05) is 101 Å². The van der Waals surface area contributed by atoms with Crippen LogP contribution < -0.4 is 5.73 Å². The molecule has 4 N–H and O–H groups in total. The van der Waals surface area contributed by atoms with Gasteiger partial charge in [0.25, 0.3) is 0 Å². The van der Waals surface area contributed by atoms with E-state index < -0.39 is 32.5 Å². The summed E-state index contributed by atoms with van der Waals surface area (Å²) < 4.78 is 39.0. The maximum absolute atomic E-state index is 12.7. The molecule has 12 heteroatoms.